The molecule has 4 aliphatic rings. The topological polar surface area (TPSA) is 99.8 Å². The Bertz CT molecular complexity index is 3600. The van der Waals surface area contributed by atoms with Crippen molar-refractivity contribution < 1.29 is 0 Å². The van der Waals surface area contributed by atoms with Crippen molar-refractivity contribution in [2.45, 2.75) is 50.9 Å². The summed E-state index contributed by atoms with van der Waals surface area (Å²) in [7, 11) is 0. The molecule has 8 heteroatoms. The van der Waals surface area contributed by atoms with E-state index in [0.29, 0.717) is 5.70 Å². The lowest BCUT2D eigenvalue weighted by Gasteiger charge is -2.29. The molecule has 0 saturated carbocycles. The first-order valence-corrected chi connectivity index (χ1v) is 22.9. The molecule has 4 aliphatic carbocycles. The fourth-order valence-electron chi connectivity index (χ4n) is 10.5. The van der Waals surface area contributed by atoms with Gasteiger partial charge in [-0.2, -0.15) is 0 Å². The van der Waals surface area contributed by atoms with Crippen LogP contribution in [-0.4, -0.2) is 34.8 Å². The second-order valence-electron chi connectivity index (χ2n) is 18.4. The molecule has 0 bridgehead atoms. The number of rotatable bonds is 7. The summed E-state index contributed by atoms with van der Waals surface area (Å²) in [6.07, 6.45) is 20.8. The van der Waals surface area contributed by atoms with Crippen LogP contribution in [-0.2, 0) is 5.41 Å². The highest BCUT2D eigenvalue weighted by Crippen LogP contribution is 2.54. The van der Waals surface area contributed by atoms with Crippen LogP contribution in [0.2, 0.25) is 0 Å². The van der Waals surface area contributed by atoms with Crippen molar-refractivity contribution in [2.24, 2.45) is 16.6 Å². The van der Waals surface area contributed by atoms with Gasteiger partial charge in [0.25, 0.3) is 0 Å². The number of para-hydroxylation sites is 4. The normalized spacial score (nSPS) is 19.2. The largest absolute Gasteiger partial charge is 0.397 e. The van der Waals surface area contributed by atoms with E-state index in [9.17, 15) is 0 Å². The van der Waals surface area contributed by atoms with E-state index < -0.39 is 0 Å². The van der Waals surface area contributed by atoms with Crippen molar-refractivity contribution in [1.29, 1.82) is 0 Å². The molecule has 12 rings (SSSR count). The van der Waals surface area contributed by atoms with Gasteiger partial charge in [-0.1, -0.05) is 105 Å². The third-order valence-electron chi connectivity index (χ3n) is 13.9. The molecule has 0 radical (unpaired) electrons. The minimum atomic E-state index is -0.203. The van der Waals surface area contributed by atoms with Gasteiger partial charge in [-0.3, -0.25) is 19.1 Å². The van der Waals surface area contributed by atoms with Gasteiger partial charge >= 0.3 is 0 Å². The molecule has 5 aromatic carbocycles. The van der Waals surface area contributed by atoms with Crippen LogP contribution in [0.15, 0.2) is 186 Å². The number of aliphatic imine (C=N–C) groups is 1. The van der Waals surface area contributed by atoms with Crippen molar-refractivity contribution in [3.05, 3.63) is 209 Å². The molecule has 0 saturated heterocycles. The third-order valence-corrected chi connectivity index (χ3v) is 13.9. The molecule has 0 amide bonds. The molecule has 2 atom stereocenters. The lowest BCUT2D eigenvalue weighted by molar-refractivity contribution is 0.421. The molecule has 2 N–H and O–H groups in total. The average Bonchev–Trinajstić information content (AvgIpc) is 4.00. The zero-order valence-corrected chi connectivity index (χ0v) is 37.1. The van der Waals surface area contributed by atoms with Gasteiger partial charge in [-0.05, 0) is 132 Å². The summed E-state index contributed by atoms with van der Waals surface area (Å²) in [5.74, 6) is 2.10. The highest BCUT2D eigenvalue weighted by molar-refractivity contribution is 6.09. The molecule has 8 nitrogen and oxygen atoms in total. The molecule has 3 heterocycles. The van der Waals surface area contributed by atoms with E-state index in [0.717, 1.165) is 121 Å². The van der Waals surface area contributed by atoms with Gasteiger partial charge in [0.05, 0.1) is 62.3 Å². The minimum absolute atomic E-state index is 0.116. The third kappa shape index (κ3) is 6.63. The summed E-state index contributed by atoms with van der Waals surface area (Å²) in [5.41, 5.74) is 22.7. The Morgan fingerprint density at radius 3 is 2.32 bits per heavy atom. The van der Waals surface area contributed by atoms with Crippen molar-refractivity contribution in [2.75, 3.05) is 0 Å². The smallest absolute Gasteiger partial charge is 0.145 e. The summed E-state index contributed by atoms with van der Waals surface area (Å²) in [5, 5.41) is 2.09. The predicted octanol–water partition coefficient (Wildman–Crippen LogP) is 11.0. The van der Waals surface area contributed by atoms with Gasteiger partial charge in [0.15, 0.2) is 0 Å². The zero-order valence-electron chi connectivity index (χ0n) is 37.1. The average molecular weight is 857 g/mol. The van der Waals surface area contributed by atoms with Gasteiger partial charge in [0.2, 0.25) is 0 Å². The van der Waals surface area contributed by atoms with Crippen molar-refractivity contribution in [3.8, 4) is 34.0 Å². The SMILES string of the molecule is C=C1CCC=C/C1=N/C=C(\N)C1=CC(c2nc3cc4c(cc3n2-c2ccccc2)C(C)(C)C2C=c3c(nc(-c5cccc(-c6cnc7ccccc7n6)c5)n3-c3ccccc3)=CC42)=CCC1. The number of allylic oxidation sites excluding steroid dienone is 7. The van der Waals surface area contributed by atoms with Gasteiger partial charge in [-0.25, -0.2) is 15.0 Å². The van der Waals surface area contributed by atoms with Gasteiger partial charge in [-0.15, -0.1) is 0 Å². The van der Waals surface area contributed by atoms with E-state index >= 15 is 0 Å². The first-order chi connectivity index (χ1) is 32.3. The van der Waals surface area contributed by atoms with E-state index in [1.54, 1.807) is 6.20 Å². The standard InChI is InChI=1S/C58H48N8/c1-36-16-10-11-25-48(36)60-34-47(59)37-17-14-19-39(28-37)56-63-51-30-43-44-31-52-55(33-46(44)58(2,3)45(43)32-54(51)65(56)41-21-6-4-7-22-41)66(42-23-8-5-9-24-42)57(64-52)40-20-15-18-38(29-40)53-35-61-49-26-12-13-27-50(49)62-53/h4-9,11-13,15,18-35,44,46H,1,10,14,16-17,59H2,2-3H3/b47-34-,60-48-. The van der Waals surface area contributed by atoms with Gasteiger partial charge in [0.1, 0.15) is 11.6 Å². The predicted molar refractivity (Wildman–Crippen MR) is 269 cm³/mol. The summed E-state index contributed by atoms with van der Waals surface area (Å²) in [6.45, 7) is 9.00. The van der Waals surface area contributed by atoms with E-state index in [-0.39, 0.29) is 17.3 Å². The number of imidazole rings is 2. The fourth-order valence-corrected chi connectivity index (χ4v) is 10.5. The van der Waals surface area contributed by atoms with Crippen molar-refractivity contribution in [1.82, 2.24) is 29.1 Å². The first kappa shape index (κ1) is 39.6. The maximum atomic E-state index is 6.75. The Morgan fingerprint density at radius 1 is 0.758 bits per heavy atom. The summed E-state index contributed by atoms with van der Waals surface area (Å²) in [6, 6.07) is 42.5. The second-order valence-corrected chi connectivity index (χ2v) is 18.4. The number of hydrogen-bond donors (Lipinski definition) is 1. The molecular formula is C58H48N8. The fraction of sp³-hybridized carbons (Fsp3) is 0.155. The summed E-state index contributed by atoms with van der Waals surface area (Å²) < 4.78 is 4.66. The van der Waals surface area contributed by atoms with Crippen LogP contribution in [0.3, 0.4) is 0 Å². The molecule has 66 heavy (non-hydrogen) atoms. The second kappa shape index (κ2) is 15.6. The Balaban J connectivity index is 0.978. The van der Waals surface area contributed by atoms with E-state index in [4.69, 9.17) is 30.7 Å². The van der Waals surface area contributed by atoms with Crippen LogP contribution in [0.1, 0.15) is 62.4 Å². The number of nitrogens with zero attached hydrogens (tertiary/aromatic N) is 7. The van der Waals surface area contributed by atoms with Gasteiger partial charge in [0, 0.05) is 34.0 Å². The monoisotopic (exact) mass is 856 g/mol. The molecule has 3 aromatic heterocycles. The highest BCUT2D eigenvalue weighted by atomic mass is 15.1. The van der Waals surface area contributed by atoms with E-state index in [1.807, 2.05) is 36.5 Å². The Morgan fingerprint density at radius 2 is 1.52 bits per heavy atom. The first-order valence-electron chi connectivity index (χ1n) is 22.9. The molecule has 320 valence electrons. The lowest BCUT2D eigenvalue weighted by Crippen LogP contribution is -2.38. The van der Waals surface area contributed by atoms with Crippen molar-refractivity contribution >= 4 is 45.5 Å². The van der Waals surface area contributed by atoms with Gasteiger partial charge < -0.3 is 5.73 Å². The number of benzene rings is 5. The van der Waals surface area contributed by atoms with Crippen LogP contribution in [0.25, 0.3) is 73.8 Å². The minimum Gasteiger partial charge on any atom is -0.397 e. The Hall–Kier alpha value is -7.97. The Labute approximate surface area is 383 Å². The molecule has 0 fully saturated rings. The van der Waals surface area contributed by atoms with Crippen molar-refractivity contribution in [3.63, 3.8) is 0 Å². The zero-order chi connectivity index (χ0) is 44.5. The highest BCUT2D eigenvalue weighted by Gasteiger charge is 2.46. The quantitative estimate of drug-likeness (QED) is 0.172. The lowest BCUT2D eigenvalue weighted by atomic mass is 9.74. The summed E-state index contributed by atoms with van der Waals surface area (Å²) in [4.78, 5) is 25.4. The maximum Gasteiger partial charge on any atom is 0.145 e. The van der Waals surface area contributed by atoms with E-state index in [2.05, 4.69) is 157 Å². The molecule has 0 spiro atoms. The van der Waals surface area contributed by atoms with Crippen LogP contribution < -0.4 is 16.4 Å². The van der Waals surface area contributed by atoms with E-state index in [1.165, 1.54) is 11.1 Å². The molecule has 2 unspecified atom stereocenters. The number of hydrogen-bond acceptors (Lipinski definition) is 6. The molecule has 0 aliphatic heterocycles. The number of nitrogens with two attached hydrogens (primary N) is 1. The van der Waals surface area contributed by atoms with Crippen LogP contribution in [0, 0.1) is 5.92 Å². The van der Waals surface area contributed by atoms with Crippen LogP contribution >= 0.6 is 0 Å². The summed E-state index contributed by atoms with van der Waals surface area (Å²) >= 11 is 0. The number of aromatic nitrogens is 6. The maximum absolute atomic E-state index is 6.75. The molecule has 8 aromatic rings. The van der Waals surface area contributed by atoms with Crippen LogP contribution in [0.5, 0.6) is 0 Å². The van der Waals surface area contributed by atoms with Crippen LogP contribution in [0.4, 0.5) is 0 Å². The number of fused-ring (bicyclic) bond motifs is 6. The molecular weight excluding hydrogens is 809 g/mol. The Kier molecular flexibility index (Phi) is 9.38.